The van der Waals surface area contributed by atoms with Crippen LogP contribution < -0.4 is 10.2 Å². The number of aromatic nitrogens is 1. The van der Waals surface area contributed by atoms with Crippen molar-refractivity contribution in [2.45, 2.75) is 40.2 Å². The molecule has 3 nitrogen and oxygen atoms in total. The molecule has 0 fully saturated rings. The number of hydrogen-bond donors (Lipinski definition) is 1. The van der Waals surface area contributed by atoms with Crippen LogP contribution in [0.1, 0.15) is 34.1 Å². The van der Waals surface area contributed by atoms with Crippen molar-refractivity contribution in [2.24, 2.45) is 0 Å². The molecule has 1 atom stereocenters. The van der Waals surface area contributed by atoms with Gasteiger partial charge in [0.15, 0.2) is 0 Å². The maximum absolute atomic E-state index is 6.26. The lowest BCUT2D eigenvalue weighted by atomic mass is 10.2. The topological polar surface area (TPSA) is 28.2 Å². The van der Waals surface area contributed by atoms with Crippen LogP contribution >= 0.6 is 23.2 Å². The van der Waals surface area contributed by atoms with Gasteiger partial charge in [-0.15, -0.1) is 0 Å². The first-order chi connectivity index (χ1) is 8.54. The van der Waals surface area contributed by atoms with Crippen molar-refractivity contribution in [3.63, 3.8) is 0 Å². The summed E-state index contributed by atoms with van der Waals surface area (Å²) in [5.74, 6) is 1.49. The fourth-order valence-electron chi connectivity index (χ4n) is 1.84. The highest BCUT2D eigenvalue weighted by Gasteiger charge is 2.18. The zero-order valence-corrected chi connectivity index (χ0v) is 12.9. The number of halogens is 2. The summed E-state index contributed by atoms with van der Waals surface area (Å²) in [6.45, 7) is 10.1. The van der Waals surface area contributed by atoms with Gasteiger partial charge in [0, 0.05) is 19.1 Å². The monoisotopic (exact) mass is 289 g/mol. The molecule has 0 saturated carbocycles. The van der Waals surface area contributed by atoms with E-state index in [4.69, 9.17) is 23.2 Å². The van der Waals surface area contributed by atoms with Crippen molar-refractivity contribution >= 4 is 34.8 Å². The third-order valence-electron chi connectivity index (χ3n) is 2.99. The van der Waals surface area contributed by atoms with Gasteiger partial charge in [0.1, 0.15) is 11.6 Å². The second kappa shape index (κ2) is 7.05. The molecule has 1 N–H and O–H groups in total. The van der Waals surface area contributed by atoms with E-state index in [0.717, 1.165) is 25.3 Å². The SMILES string of the molecule is CCNc1nc(N(CC)C(C)CC)c(Cl)cc1Cl. The Morgan fingerprint density at radius 2 is 1.94 bits per heavy atom. The Kier molecular flexibility index (Phi) is 6.03. The third-order valence-corrected chi connectivity index (χ3v) is 3.56. The normalized spacial score (nSPS) is 12.3. The van der Waals surface area contributed by atoms with Crippen LogP contribution in [-0.4, -0.2) is 24.1 Å². The van der Waals surface area contributed by atoms with Crippen molar-refractivity contribution < 1.29 is 0 Å². The standard InChI is InChI=1S/C13H21Cl2N3/c1-5-9(4)18(7-3)13-11(15)8-10(14)12(17-13)16-6-2/h8-9H,5-7H2,1-4H3,(H,16,17). The Hall–Kier alpha value is -0.670. The van der Waals surface area contributed by atoms with Crippen molar-refractivity contribution in [1.29, 1.82) is 0 Å². The van der Waals surface area contributed by atoms with E-state index >= 15 is 0 Å². The summed E-state index contributed by atoms with van der Waals surface area (Å²) >= 11 is 12.4. The van der Waals surface area contributed by atoms with Crippen molar-refractivity contribution in [1.82, 2.24) is 4.98 Å². The Bertz CT molecular complexity index is 396. The highest BCUT2D eigenvalue weighted by molar-refractivity contribution is 6.37. The first kappa shape index (κ1) is 15.4. The molecule has 1 aromatic heterocycles. The molecule has 18 heavy (non-hydrogen) atoms. The molecule has 0 aliphatic carbocycles. The van der Waals surface area contributed by atoms with Gasteiger partial charge >= 0.3 is 0 Å². The number of rotatable bonds is 6. The van der Waals surface area contributed by atoms with E-state index in [1.54, 1.807) is 6.07 Å². The molecule has 1 rings (SSSR count). The van der Waals surface area contributed by atoms with E-state index in [0.29, 0.717) is 21.9 Å². The fraction of sp³-hybridized carbons (Fsp3) is 0.615. The van der Waals surface area contributed by atoms with Crippen LogP contribution in [0.5, 0.6) is 0 Å². The summed E-state index contributed by atoms with van der Waals surface area (Å²) in [5.41, 5.74) is 0. The van der Waals surface area contributed by atoms with Crippen molar-refractivity contribution in [3.05, 3.63) is 16.1 Å². The minimum Gasteiger partial charge on any atom is -0.369 e. The lowest BCUT2D eigenvalue weighted by Gasteiger charge is -2.29. The van der Waals surface area contributed by atoms with Crippen LogP contribution in [0.2, 0.25) is 10.0 Å². The quantitative estimate of drug-likeness (QED) is 0.839. The van der Waals surface area contributed by atoms with Gasteiger partial charge in [-0.3, -0.25) is 0 Å². The maximum Gasteiger partial charge on any atom is 0.150 e. The van der Waals surface area contributed by atoms with E-state index < -0.39 is 0 Å². The van der Waals surface area contributed by atoms with Gasteiger partial charge in [0.2, 0.25) is 0 Å². The smallest absolute Gasteiger partial charge is 0.150 e. The number of nitrogens with one attached hydrogen (secondary N) is 1. The molecule has 0 saturated heterocycles. The van der Waals surface area contributed by atoms with Crippen LogP contribution in [0, 0.1) is 0 Å². The molecule has 1 heterocycles. The summed E-state index contributed by atoms with van der Waals surface area (Å²) in [5, 5.41) is 4.31. The molecule has 0 spiro atoms. The molecule has 0 bridgehead atoms. The van der Waals surface area contributed by atoms with Crippen molar-refractivity contribution in [3.8, 4) is 0 Å². The number of pyridine rings is 1. The molecule has 5 heteroatoms. The summed E-state index contributed by atoms with van der Waals surface area (Å²) in [4.78, 5) is 6.75. The largest absolute Gasteiger partial charge is 0.369 e. The van der Waals surface area contributed by atoms with Gasteiger partial charge < -0.3 is 10.2 Å². The lowest BCUT2D eigenvalue weighted by molar-refractivity contribution is 0.623. The predicted molar refractivity (Wildman–Crippen MR) is 81.2 cm³/mol. The molecule has 102 valence electrons. The Morgan fingerprint density at radius 1 is 1.28 bits per heavy atom. The average molecular weight is 290 g/mol. The minimum absolute atomic E-state index is 0.399. The zero-order chi connectivity index (χ0) is 13.7. The van der Waals surface area contributed by atoms with Gasteiger partial charge in [-0.1, -0.05) is 30.1 Å². The molecular weight excluding hydrogens is 269 g/mol. The predicted octanol–water partition coefficient (Wildman–Crippen LogP) is 4.45. The Labute approximate surface area is 119 Å². The number of hydrogen-bond acceptors (Lipinski definition) is 3. The van der Waals surface area contributed by atoms with Gasteiger partial charge in [-0.25, -0.2) is 4.98 Å². The Balaban J connectivity index is 3.17. The summed E-state index contributed by atoms with van der Waals surface area (Å²) in [6, 6.07) is 2.16. The number of anilines is 2. The van der Waals surface area contributed by atoms with Crippen LogP contribution in [0.25, 0.3) is 0 Å². The van der Waals surface area contributed by atoms with Crippen LogP contribution in [0.4, 0.5) is 11.6 Å². The van der Waals surface area contributed by atoms with E-state index in [9.17, 15) is 0 Å². The highest BCUT2D eigenvalue weighted by Crippen LogP contribution is 2.32. The fourth-order valence-corrected chi connectivity index (χ4v) is 2.37. The Morgan fingerprint density at radius 3 is 2.44 bits per heavy atom. The highest BCUT2D eigenvalue weighted by atomic mass is 35.5. The maximum atomic E-state index is 6.26. The van der Waals surface area contributed by atoms with E-state index in [2.05, 4.69) is 36.0 Å². The third kappa shape index (κ3) is 3.42. The second-order valence-electron chi connectivity index (χ2n) is 4.20. The summed E-state index contributed by atoms with van der Waals surface area (Å²) in [6.07, 6.45) is 1.05. The van der Waals surface area contributed by atoms with Gasteiger partial charge in [-0.2, -0.15) is 0 Å². The first-order valence-corrected chi connectivity index (χ1v) is 7.17. The molecule has 0 aliphatic rings. The first-order valence-electron chi connectivity index (χ1n) is 6.41. The molecule has 0 aromatic carbocycles. The average Bonchev–Trinajstić information content (AvgIpc) is 2.35. The van der Waals surface area contributed by atoms with Crippen molar-refractivity contribution in [2.75, 3.05) is 23.3 Å². The molecule has 0 radical (unpaired) electrons. The van der Waals surface area contributed by atoms with E-state index in [1.807, 2.05) is 6.92 Å². The van der Waals surface area contributed by atoms with Crippen LogP contribution in [0.15, 0.2) is 6.07 Å². The van der Waals surface area contributed by atoms with E-state index in [-0.39, 0.29) is 0 Å². The van der Waals surface area contributed by atoms with Crippen LogP contribution in [-0.2, 0) is 0 Å². The molecular formula is C13H21Cl2N3. The molecule has 1 unspecified atom stereocenters. The molecule has 0 amide bonds. The zero-order valence-electron chi connectivity index (χ0n) is 11.4. The second-order valence-corrected chi connectivity index (χ2v) is 5.01. The van der Waals surface area contributed by atoms with Gasteiger partial charge in [0.25, 0.3) is 0 Å². The van der Waals surface area contributed by atoms with Gasteiger partial charge in [-0.05, 0) is 33.3 Å². The molecule has 1 aromatic rings. The van der Waals surface area contributed by atoms with E-state index in [1.165, 1.54) is 0 Å². The summed E-state index contributed by atoms with van der Waals surface area (Å²) in [7, 11) is 0. The van der Waals surface area contributed by atoms with Gasteiger partial charge in [0.05, 0.1) is 10.0 Å². The minimum atomic E-state index is 0.399. The molecule has 0 aliphatic heterocycles. The number of nitrogens with zero attached hydrogens (tertiary/aromatic N) is 2. The summed E-state index contributed by atoms with van der Waals surface area (Å²) < 4.78 is 0. The lowest BCUT2D eigenvalue weighted by Crippen LogP contribution is -2.33. The van der Waals surface area contributed by atoms with Crippen LogP contribution in [0.3, 0.4) is 0 Å².